The maximum Gasteiger partial charge on any atom is 0.417 e. The molecule has 2 heterocycles. The molecule has 0 aliphatic carbocycles. The first kappa shape index (κ1) is 14.8. The first-order valence-corrected chi connectivity index (χ1v) is 5.81. The lowest BCUT2D eigenvalue weighted by Gasteiger charge is -2.08. The summed E-state index contributed by atoms with van der Waals surface area (Å²) < 4.78 is 37.1. The molecule has 0 atom stereocenters. The number of carboxylic acid groups (broad SMARTS) is 1. The summed E-state index contributed by atoms with van der Waals surface area (Å²) >= 11 is 0. The van der Waals surface area contributed by atoms with Gasteiger partial charge in [0.05, 0.1) is 23.4 Å². The number of aromatic nitrogens is 2. The molecule has 0 spiro atoms. The Bertz CT molecular complexity index is 642. The van der Waals surface area contributed by atoms with Gasteiger partial charge >= 0.3 is 12.1 Å². The normalized spacial score (nSPS) is 11.2. The van der Waals surface area contributed by atoms with Crippen LogP contribution in [0.25, 0.3) is 0 Å². The minimum Gasteiger partial charge on any atom is -0.478 e. The number of carbonyl (C=O) groups is 1. The van der Waals surface area contributed by atoms with Crippen molar-refractivity contribution in [3.63, 3.8) is 0 Å². The van der Waals surface area contributed by atoms with E-state index in [1.807, 2.05) is 0 Å². The number of rotatable bonds is 4. The Morgan fingerprint density at radius 1 is 1.24 bits per heavy atom. The molecular weight excluding hydrogens is 287 g/mol. The highest BCUT2D eigenvalue weighted by Crippen LogP contribution is 2.28. The number of alkyl halides is 3. The van der Waals surface area contributed by atoms with E-state index in [-0.39, 0.29) is 17.9 Å². The Hall–Kier alpha value is -2.64. The quantitative estimate of drug-likeness (QED) is 0.907. The molecule has 0 aliphatic heterocycles. The summed E-state index contributed by atoms with van der Waals surface area (Å²) in [5.41, 5.74) is -0.308. The van der Waals surface area contributed by atoms with Crippen LogP contribution in [0.2, 0.25) is 0 Å². The second kappa shape index (κ2) is 5.78. The van der Waals surface area contributed by atoms with E-state index in [0.29, 0.717) is 5.69 Å². The van der Waals surface area contributed by atoms with E-state index in [0.717, 1.165) is 12.3 Å². The van der Waals surface area contributed by atoms with Crippen molar-refractivity contribution in [2.24, 2.45) is 0 Å². The van der Waals surface area contributed by atoms with Gasteiger partial charge in [-0.25, -0.2) is 9.78 Å². The molecule has 8 heteroatoms. The van der Waals surface area contributed by atoms with Gasteiger partial charge in [-0.15, -0.1) is 0 Å². The predicted octanol–water partition coefficient (Wildman–Crippen LogP) is 2.81. The largest absolute Gasteiger partial charge is 0.478 e. The van der Waals surface area contributed by atoms with Crippen molar-refractivity contribution < 1.29 is 23.1 Å². The molecule has 0 aromatic carbocycles. The lowest BCUT2D eigenvalue weighted by Crippen LogP contribution is -2.08. The lowest BCUT2D eigenvalue weighted by molar-refractivity contribution is -0.137. The smallest absolute Gasteiger partial charge is 0.417 e. The highest BCUT2D eigenvalue weighted by molar-refractivity contribution is 5.87. The molecule has 2 aromatic heterocycles. The van der Waals surface area contributed by atoms with E-state index in [1.165, 1.54) is 24.4 Å². The van der Waals surface area contributed by atoms with Crippen LogP contribution in [0, 0.1) is 0 Å². The Labute approximate surface area is 117 Å². The molecule has 0 saturated carbocycles. The maximum absolute atomic E-state index is 12.4. The van der Waals surface area contributed by atoms with Gasteiger partial charge in [0.15, 0.2) is 0 Å². The third kappa shape index (κ3) is 3.91. The third-order valence-electron chi connectivity index (χ3n) is 2.60. The SMILES string of the molecule is O=C(O)c1ccnc(CNc2ccc(C(F)(F)F)cn2)c1. The zero-order chi connectivity index (χ0) is 15.5. The third-order valence-corrected chi connectivity index (χ3v) is 2.60. The molecule has 0 radical (unpaired) electrons. The molecule has 0 saturated heterocycles. The van der Waals surface area contributed by atoms with Crippen LogP contribution in [0.5, 0.6) is 0 Å². The molecule has 2 rings (SSSR count). The van der Waals surface area contributed by atoms with Crippen LogP contribution >= 0.6 is 0 Å². The minimum absolute atomic E-state index is 0.0854. The van der Waals surface area contributed by atoms with Crippen LogP contribution < -0.4 is 5.32 Å². The number of pyridine rings is 2. The van der Waals surface area contributed by atoms with E-state index in [2.05, 4.69) is 15.3 Å². The summed E-state index contributed by atoms with van der Waals surface area (Å²) in [4.78, 5) is 18.4. The Kier molecular flexibility index (Phi) is 4.06. The van der Waals surface area contributed by atoms with Crippen molar-refractivity contribution in [2.75, 3.05) is 5.32 Å². The number of halogens is 3. The fourth-order valence-corrected chi connectivity index (χ4v) is 1.56. The van der Waals surface area contributed by atoms with Crippen molar-refractivity contribution in [3.05, 3.63) is 53.5 Å². The second-order valence-electron chi connectivity index (χ2n) is 4.12. The Morgan fingerprint density at radius 3 is 2.57 bits per heavy atom. The van der Waals surface area contributed by atoms with Crippen LogP contribution in [0.3, 0.4) is 0 Å². The highest BCUT2D eigenvalue weighted by Gasteiger charge is 2.30. The number of anilines is 1. The summed E-state index contributed by atoms with van der Waals surface area (Å²) in [6.45, 7) is 0.152. The first-order chi connectivity index (χ1) is 9.86. The monoisotopic (exact) mass is 297 g/mol. The summed E-state index contributed by atoms with van der Waals surface area (Å²) in [5.74, 6) is -0.836. The van der Waals surface area contributed by atoms with Gasteiger partial charge < -0.3 is 10.4 Å². The minimum atomic E-state index is -4.43. The van der Waals surface area contributed by atoms with Gasteiger partial charge in [-0.1, -0.05) is 0 Å². The van der Waals surface area contributed by atoms with Crippen molar-refractivity contribution in [1.82, 2.24) is 9.97 Å². The molecule has 110 valence electrons. The highest BCUT2D eigenvalue weighted by atomic mass is 19.4. The Morgan fingerprint density at radius 2 is 2.00 bits per heavy atom. The van der Waals surface area contributed by atoms with Gasteiger partial charge in [-0.3, -0.25) is 4.98 Å². The average Bonchev–Trinajstić information content (AvgIpc) is 2.45. The van der Waals surface area contributed by atoms with Crippen molar-refractivity contribution in [3.8, 4) is 0 Å². The standard InChI is InChI=1S/C13H10F3N3O2/c14-13(15,16)9-1-2-11(18-6-9)19-7-10-5-8(12(20)21)3-4-17-10/h1-6H,7H2,(H,18,19)(H,20,21). The fourth-order valence-electron chi connectivity index (χ4n) is 1.56. The number of hydrogen-bond acceptors (Lipinski definition) is 4. The predicted molar refractivity (Wildman–Crippen MR) is 67.8 cm³/mol. The molecule has 0 aliphatic rings. The van der Waals surface area contributed by atoms with Crippen LogP contribution in [0.4, 0.5) is 19.0 Å². The molecule has 0 unspecified atom stereocenters. The van der Waals surface area contributed by atoms with Crippen molar-refractivity contribution in [2.45, 2.75) is 12.7 Å². The van der Waals surface area contributed by atoms with E-state index in [4.69, 9.17) is 5.11 Å². The summed E-state index contributed by atoms with van der Waals surface area (Å²) in [5, 5.41) is 11.6. The van der Waals surface area contributed by atoms with Crippen LogP contribution in [-0.4, -0.2) is 21.0 Å². The fraction of sp³-hybridized carbons (Fsp3) is 0.154. The maximum atomic E-state index is 12.4. The lowest BCUT2D eigenvalue weighted by atomic mass is 10.2. The number of aromatic carboxylic acids is 1. The second-order valence-corrected chi connectivity index (χ2v) is 4.12. The first-order valence-electron chi connectivity index (χ1n) is 5.81. The molecule has 0 fully saturated rings. The molecule has 21 heavy (non-hydrogen) atoms. The number of nitrogens with zero attached hydrogens (tertiary/aromatic N) is 2. The van der Waals surface area contributed by atoms with Gasteiger partial charge in [0.2, 0.25) is 0 Å². The molecule has 5 nitrogen and oxygen atoms in total. The van der Waals surface area contributed by atoms with Gasteiger partial charge in [0, 0.05) is 12.4 Å². The molecular formula is C13H10F3N3O2. The summed E-state index contributed by atoms with van der Waals surface area (Å²) in [6.07, 6.45) is -2.35. The van der Waals surface area contributed by atoms with Gasteiger partial charge in [-0.05, 0) is 24.3 Å². The van der Waals surface area contributed by atoms with E-state index >= 15 is 0 Å². The zero-order valence-electron chi connectivity index (χ0n) is 10.6. The van der Waals surface area contributed by atoms with Gasteiger partial charge in [-0.2, -0.15) is 13.2 Å². The van der Waals surface area contributed by atoms with Crippen LogP contribution in [0.1, 0.15) is 21.6 Å². The summed E-state index contributed by atoms with van der Waals surface area (Å²) in [7, 11) is 0. The molecule has 2 N–H and O–H groups in total. The van der Waals surface area contributed by atoms with E-state index in [1.54, 1.807) is 0 Å². The molecule has 2 aromatic rings. The van der Waals surface area contributed by atoms with Gasteiger partial charge in [0.1, 0.15) is 5.82 Å². The molecule has 0 amide bonds. The number of carboxylic acids is 1. The van der Waals surface area contributed by atoms with Crippen molar-refractivity contribution in [1.29, 1.82) is 0 Å². The Balaban J connectivity index is 2.03. The zero-order valence-corrected chi connectivity index (χ0v) is 10.6. The van der Waals surface area contributed by atoms with Crippen LogP contribution in [0.15, 0.2) is 36.7 Å². The average molecular weight is 297 g/mol. The van der Waals surface area contributed by atoms with E-state index < -0.39 is 17.7 Å². The molecule has 0 bridgehead atoms. The number of nitrogens with one attached hydrogen (secondary N) is 1. The van der Waals surface area contributed by atoms with Crippen molar-refractivity contribution >= 4 is 11.8 Å². The van der Waals surface area contributed by atoms with Crippen LogP contribution in [-0.2, 0) is 12.7 Å². The van der Waals surface area contributed by atoms with E-state index in [9.17, 15) is 18.0 Å². The number of hydrogen-bond donors (Lipinski definition) is 2. The summed E-state index contributed by atoms with van der Waals surface area (Å²) in [6, 6.07) is 4.84. The van der Waals surface area contributed by atoms with Gasteiger partial charge in [0.25, 0.3) is 0 Å². The topological polar surface area (TPSA) is 75.1 Å².